The van der Waals surface area contributed by atoms with Gasteiger partial charge >= 0.3 is 6.18 Å². The molecule has 1 atom stereocenters. The molecule has 1 aromatic rings. The molecule has 0 saturated carbocycles. The molecule has 0 heterocycles. The summed E-state index contributed by atoms with van der Waals surface area (Å²) < 4.78 is 38.1. The minimum Gasteiger partial charge on any atom is -0.352 e. The van der Waals surface area contributed by atoms with Gasteiger partial charge in [-0.1, -0.05) is 38.8 Å². The van der Waals surface area contributed by atoms with E-state index in [1.54, 1.807) is 0 Å². The molecule has 1 unspecified atom stereocenters. The largest absolute Gasteiger partial charge is 0.417 e. The molecule has 0 radical (unpaired) electrons. The van der Waals surface area contributed by atoms with Gasteiger partial charge in [0.1, 0.15) is 0 Å². The fraction of sp³-hybridized carbons (Fsp3) is 0.462. The van der Waals surface area contributed by atoms with Gasteiger partial charge in [0.2, 0.25) is 0 Å². The zero-order valence-corrected chi connectivity index (χ0v) is 13.9. The van der Waals surface area contributed by atoms with Crippen molar-refractivity contribution in [1.82, 2.24) is 5.32 Å². The highest BCUT2D eigenvalue weighted by Crippen LogP contribution is 2.35. The van der Waals surface area contributed by atoms with Gasteiger partial charge in [0.15, 0.2) is 0 Å². The molecule has 0 fully saturated rings. The smallest absolute Gasteiger partial charge is 0.352 e. The predicted octanol–water partition coefficient (Wildman–Crippen LogP) is 4.62. The number of carbonyl (C=O) groups excluding carboxylic acids is 1. The summed E-state index contributed by atoms with van der Waals surface area (Å²) in [5.41, 5.74) is -0.842. The van der Waals surface area contributed by atoms with Crippen LogP contribution in [0.4, 0.5) is 13.2 Å². The second kappa shape index (κ2) is 7.45. The summed E-state index contributed by atoms with van der Waals surface area (Å²) >= 11 is 6.14. The lowest BCUT2D eigenvalue weighted by molar-refractivity contribution is -0.138. The molecule has 7 heteroatoms. The van der Waals surface area contributed by atoms with Crippen LogP contribution in [0.15, 0.2) is 22.7 Å². The molecule has 0 bridgehead atoms. The molecular weight excluding hydrogens is 403 g/mol. The molecule has 20 heavy (non-hydrogen) atoms. The molecule has 112 valence electrons. The average molecular weight is 417 g/mol. The van der Waals surface area contributed by atoms with Crippen molar-refractivity contribution < 1.29 is 18.0 Å². The minimum absolute atomic E-state index is 0.00608. The Morgan fingerprint density at radius 2 is 2.05 bits per heavy atom. The van der Waals surface area contributed by atoms with E-state index in [9.17, 15) is 18.0 Å². The number of carbonyl (C=O) groups is 1. The molecule has 1 aromatic carbocycles. The monoisotopic (exact) mass is 415 g/mol. The van der Waals surface area contributed by atoms with Crippen LogP contribution in [0.5, 0.6) is 0 Å². The van der Waals surface area contributed by atoms with Crippen molar-refractivity contribution >= 4 is 37.8 Å². The first-order valence-electron chi connectivity index (χ1n) is 5.96. The van der Waals surface area contributed by atoms with Gasteiger partial charge in [-0.25, -0.2) is 0 Å². The Morgan fingerprint density at radius 3 is 2.60 bits per heavy atom. The third-order valence-corrected chi connectivity index (χ3v) is 3.90. The Labute approximate surface area is 132 Å². The molecule has 1 rings (SSSR count). The lowest BCUT2D eigenvalue weighted by atomic mass is 10.1. The van der Waals surface area contributed by atoms with Crippen LogP contribution >= 0.6 is 31.9 Å². The van der Waals surface area contributed by atoms with Gasteiger partial charge in [0.25, 0.3) is 5.91 Å². The third kappa shape index (κ3) is 5.09. The average Bonchev–Trinajstić information content (AvgIpc) is 2.35. The minimum atomic E-state index is -4.49. The van der Waals surface area contributed by atoms with E-state index in [1.807, 2.05) is 6.92 Å². The first-order chi connectivity index (χ1) is 9.25. The molecule has 1 N–H and O–H groups in total. The van der Waals surface area contributed by atoms with Crippen molar-refractivity contribution in [3.05, 3.63) is 33.8 Å². The van der Waals surface area contributed by atoms with Crippen LogP contribution in [0.25, 0.3) is 0 Å². The second-order valence-corrected chi connectivity index (χ2v) is 6.13. The van der Waals surface area contributed by atoms with Crippen molar-refractivity contribution in [2.75, 3.05) is 11.9 Å². The lowest BCUT2D eigenvalue weighted by Crippen LogP contribution is -2.28. The summed E-state index contributed by atoms with van der Waals surface area (Å²) in [5, 5.41) is 3.46. The maximum absolute atomic E-state index is 12.7. The molecule has 0 aliphatic heterocycles. The van der Waals surface area contributed by atoms with E-state index in [4.69, 9.17) is 0 Å². The van der Waals surface area contributed by atoms with Gasteiger partial charge in [-0.3, -0.25) is 4.79 Å². The van der Waals surface area contributed by atoms with Gasteiger partial charge < -0.3 is 5.32 Å². The molecular formula is C13H14Br2F3NO. The van der Waals surface area contributed by atoms with E-state index in [0.29, 0.717) is 6.54 Å². The zero-order valence-electron chi connectivity index (χ0n) is 10.7. The van der Waals surface area contributed by atoms with E-state index >= 15 is 0 Å². The summed E-state index contributed by atoms with van der Waals surface area (Å²) in [6, 6.07) is 3.46. The van der Waals surface area contributed by atoms with Crippen LogP contribution in [0.3, 0.4) is 0 Å². The first kappa shape index (κ1) is 17.5. The van der Waals surface area contributed by atoms with Crippen molar-refractivity contribution in [2.24, 2.45) is 5.92 Å². The van der Waals surface area contributed by atoms with Crippen LogP contribution < -0.4 is 5.32 Å². The Hall–Kier alpha value is -0.560. The summed E-state index contributed by atoms with van der Waals surface area (Å²) in [7, 11) is 0. The second-order valence-electron chi connectivity index (χ2n) is 4.49. The van der Waals surface area contributed by atoms with Gasteiger partial charge in [-0.2, -0.15) is 13.2 Å². The summed E-state index contributed by atoms with van der Waals surface area (Å²) in [6.07, 6.45) is -3.60. The number of benzene rings is 1. The third-order valence-electron chi connectivity index (χ3n) is 2.75. The maximum atomic E-state index is 12.7. The SMILES string of the molecule is CC(CCBr)CNC(=O)c1ccc(Br)c(C(F)(F)F)c1. The standard InChI is InChI=1S/C13H14Br2F3NO/c1-8(4-5-14)7-19-12(20)9-2-3-11(15)10(6-9)13(16,17)18/h2-3,6,8H,4-5,7H2,1H3,(H,19,20). The summed E-state index contributed by atoms with van der Waals surface area (Å²) in [4.78, 5) is 11.8. The highest BCUT2D eigenvalue weighted by atomic mass is 79.9. The van der Waals surface area contributed by atoms with E-state index in [-0.39, 0.29) is 16.0 Å². The van der Waals surface area contributed by atoms with Crippen molar-refractivity contribution in [3.63, 3.8) is 0 Å². The summed E-state index contributed by atoms with van der Waals surface area (Å²) in [6.45, 7) is 2.39. The van der Waals surface area contributed by atoms with Gasteiger partial charge in [0.05, 0.1) is 5.56 Å². The molecule has 2 nitrogen and oxygen atoms in total. The Morgan fingerprint density at radius 1 is 1.40 bits per heavy atom. The zero-order chi connectivity index (χ0) is 15.3. The van der Waals surface area contributed by atoms with E-state index in [0.717, 1.165) is 17.8 Å². The van der Waals surface area contributed by atoms with Crippen LogP contribution in [-0.4, -0.2) is 17.8 Å². The Kier molecular flexibility index (Phi) is 6.51. The molecule has 0 spiro atoms. The number of amides is 1. The Balaban J connectivity index is 2.79. The lowest BCUT2D eigenvalue weighted by Gasteiger charge is -2.13. The molecule has 1 amide bonds. The molecule has 0 aliphatic rings. The number of rotatable bonds is 5. The fourth-order valence-corrected chi connectivity index (χ4v) is 2.79. The van der Waals surface area contributed by atoms with Crippen LogP contribution in [0.1, 0.15) is 29.3 Å². The first-order valence-corrected chi connectivity index (χ1v) is 7.88. The molecule has 0 aliphatic carbocycles. The van der Waals surface area contributed by atoms with Crippen molar-refractivity contribution in [2.45, 2.75) is 19.5 Å². The quantitative estimate of drug-likeness (QED) is 0.697. The highest BCUT2D eigenvalue weighted by molar-refractivity contribution is 9.10. The van der Waals surface area contributed by atoms with Crippen molar-refractivity contribution in [1.29, 1.82) is 0 Å². The van der Waals surface area contributed by atoms with Gasteiger partial charge in [-0.15, -0.1) is 0 Å². The highest BCUT2D eigenvalue weighted by Gasteiger charge is 2.33. The van der Waals surface area contributed by atoms with Crippen LogP contribution in [0.2, 0.25) is 0 Å². The van der Waals surface area contributed by atoms with Gasteiger partial charge in [-0.05, 0) is 30.5 Å². The van der Waals surface area contributed by atoms with E-state index in [1.165, 1.54) is 12.1 Å². The van der Waals surface area contributed by atoms with Gasteiger partial charge in [0, 0.05) is 21.9 Å². The molecule has 0 aromatic heterocycles. The van der Waals surface area contributed by atoms with Crippen molar-refractivity contribution in [3.8, 4) is 0 Å². The van der Waals surface area contributed by atoms with E-state index in [2.05, 4.69) is 37.2 Å². The number of alkyl halides is 4. The fourth-order valence-electron chi connectivity index (χ4n) is 1.54. The normalized spacial score (nSPS) is 13.1. The molecule has 0 saturated heterocycles. The van der Waals surface area contributed by atoms with E-state index < -0.39 is 17.6 Å². The summed E-state index contributed by atoms with van der Waals surface area (Å²) in [5.74, 6) is -0.236. The number of nitrogens with one attached hydrogen (secondary N) is 1. The predicted molar refractivity (Wildman–Crippen MR) is 79.1 cm³/mol. The number of hydrogen-bond acceptors (Lipinski definition) is 1. The van der Waals surface area contributed by atoms with Crippen LogP contribution in [0, 0.1) is 5.92 Å². The number of hydrogen-bond donors (Lipinski definition) is 1. The maximum Gasteiger partial charge on any atom is 0.417 e. The Bertz CT molecular complexity index is 477. The van der Waals surface area contributed by atoms with Crippen LogP contribution in [-0.2, 0) is 6.18 Å². The number of halogens is 5. The topological polar surface area (TPSA) is 29.1 Å².